The van der Waals surface area contributed by atoms with Gasteiger partial charge >= 0.3 is 6.03 Å². The number of anilines is 1. The molecule has 0 aromatic heterocycles. The monoisotopic (exact) mass is 498 g/mol. The maximum Gasteiger partial charge on any atom is 0.319 e. The molecule has 2 aromatic carbocycles. The summed E-state index contributed by atoms with van der Waals surface area (Å²) in [4.78, 5) is 27.6. The van der Waals surface area contributed by atoms with Crippen LogP contribution in [0.5, 0.6) is 0 Å². The molecule has 2 N–H and O–H groups in total. The summed E-state index contributed by atoms with van der Waals surface area (Å²) in [6, 6.07) is 14.4. The maximum absolute atomic E-state index is 13.1. The summed E-state index contributed by atoms with van der Waals surface area (Å²) in [7, 11) is -3.56. The summed E-state index contributed by atoms with van der Waals surface area (Å²) in [5, 5.41) is 5.82. The van der Waals surface area contributed by atoms with Crippen molar-refractivity contribution < 1.29 is 18.0 Å². The van der Waals surface area contributed by atoms with Gasteiger partial charge in [0, 0.05) is 43.8 Å². The van der Waals surface area contributed by atoms with Crippen LogP contribution in [0.4, 0.5) is 10.5 Å². The van der Waals surface area contributed by atoms with E-state index in [1.807, 2.05) is 61.2 Å². The molecule has 2 aromatic rings. The molecule has 0 radical (unpaired) electrons. The zero-order valence-electron chi connectivity index (χ0n) is 20.4. The number of nitrogens with one attached hydrogen (secondary N) is 2. The van der Waals surface area contributed by atoms with Gasteiger partial charge in [0.2, 0.25) is 15.9 Å². The molecule has 188 valence electrons. The van der Waals surface area contributed by atoms with E-state index in [0.717, 1.165) is 16.8 Å². The molecule has 8 nitrogen and oxygen atoms in total. The second-order valence-corrected chi connectivity index (χ2v) is 11.4. The van der Waals surface area contributed by atoms with Crippen molar-refractivity contribution in [3.8, 4) is 0 Å². The lowest BCUT2D eigenvalue weighted by atomic mass is 9.95. The Labute approximate surface area is 207 Å². The standard InChI is InChI=1S/C26H34N4O4S/c1-19-8-9-24(20(2)18-19)35(33,34)30-16-10-21(11-17-30)25(31)29-14-12-23(13-15-29)28-26(32)27-22-6-4-3-5-7-22/h3-9,18,21,23H,10-17H2,1-2H3,(H2,27,28,32). The van der Waals surface area contributed by atoms with Gasteiger partial charge in [0.15, 0.2) is 0 Å². The van der Waals surface area contributed by atoms with Crippen LogP contribution in [-0.2, 0) is 14.8 Å². The fourth-order valence-electron chi connectivity index (χ4n) is 4.95. The molecule has 0 saturated carbocycles. The predicted molar refractivity (Wildman–Crippen MR) is 136 cm³/mol. The Morgan fingerprint density at radius 3 is 2.17 bits per heavy atom. The van der Waals surface area contributed by atoms with E-state index in [1.165, 1.54) is 4.31 Å². The molecule has 0 atom stereocenters. The van der Waals surface area contributed by atoms with E-state index in [0.29, 0.717) is 56.8 Å². The van der Waals surface area contributed by atoms with Crippen molar-refractivity contribution in [1.29, 1.82) is 0 Å². The van der Waals surface area contributed by atoms with Crippen LogP contribution in [0, 0.1) is 19.8 Å². The molecule has 3 amide bonds. The van der Waals surface area contributed by atoms with Gasteiger partial charge in [0.25, 0.3) is 0 Å². The van der Waals surface area contributed by atoms with Gasteiger partial charge in [-0.15, -0.1) is 0 Å². The van der Waals surface area contributed by atoms with Crippen molar-refractivity contribution in [3.05, 3.63) is 59.7 Å². The van der Waals surface area contributed by atoms with Gasteiger partial charge in [0.05, 0.1) is 4.90 Å². The van der Waals surface area contributed by atoms with Crippen LogP contribution in [0.3, 0.4) is 0 Å². The number of carbonyl (C=O) groups is 2. The lowest BCUT2D eigenvalue weighted by Gasteiger charge is -2.37. The second-order valence-electron chi connectivity index (χ2n) is 9.51. The van der Waals surface area contributed by atoms with Crippen LogP contribution >= 0.6 is 0 Å². The number of sulfonamides is 1. The summed E-state index contributed by atoms with van der Waals surface area (Å²) >= 11 is 0. The number of para-hydroxylation sites is 1. The van der Waals surface area contributed by atoms with Crippen LogP contribution in [0.15, 0.2) is 53.4 Å². The van der Waals surface area contributed by atoms with Crippen molar-refractivity contribution in [2.75, 3.05) is 31.5 Å². The Bertz CT molecular complexity index is 1150. The lowest BCUT2D eigenvalue weighted by molar-refractivity contribution is -0.137. The number of likely N-dealkylation sites (tertiary alicyclic amines) is 1. The van der Waals surface area contributed by atoms with Crippen molar-refractivity contribution in [3.63, 3.8) is 0 Å². The van der Waals surface area contributed by atoms with E-state index in [1.54, 1.807) is 6.07 Å². The van der Waals surface area contributed by atoms with Crippen LogP contribution in [0.2, 0.25) is 0 Å². The highest BCUT2D eigenvalue weighted by molar-refractivity contribution is 7.89. The number of benzene rings is 2. The van der Waals surface area contributed by atoms with Gasteiger partial charge in [-0.1, -0.05) is 35.9 Å². The van der Waals surface area contributed by atoms with Crippen LogP contribution in [0.25, 0.3) is 0 Å². The van der Waals surface area contributed by atoms with Gasteiger partial charge in [-0.3, -0.25) is 4.79 Å². The number of hydrogen-bond acceptors (Lipinski definition) is 4. The number of urea groups is 1. The average Bonchev–Trinajstić information content (AvgIpc) is 2.84. The average molecular weight is 499 g/mol. The first kappa shape index (κ1) is 25.2. The summed E-state index contributed by atoms with van der Waals surface area (Å²) < 4.78 is 27.8. The molecule has 4 rings (SSSR count). The van der Waals surface area contributed by atoms with Crippen LogP contribution in [0.1, 0.15) is 36.8 Å². The van der Waals surface area contributed by atoms with Crippen molar-refractivity contribution in [2.24, 2.45) is 5.92 Å². The first-order valence-corrected chi connectivity index (χ1v) is 13.7. The largest absolute Gasteiger partial charge is 0.342 e. The van der Waals surface area contributed by atoms with Crippen molar-refractivity contribution in [1.82, 2.24) is 14.5 Å². The molecule has 0 spiro atoms. The number of rotatable bonds is 5. The SMILES string of the molecule is Cc1ccc(S(=O)(=O)N2CCC(C(=O)N3CCC(NC(=O)Nc4ccccc4)CC3)CC2)c(C)c1. The Hall–Kier alpha value is -2.91. The Morgan fingerprint density at radius 2 is 1.54 bits per heavy atom. The first-order chi connectivity index (χ1) is 16.7. The number of amides is 3. The molecule has 35 heavy (non-hydrogen) atoms. The fraction of sp³-hybridized carbons (Fsp3) is 0.462. The molecular weight excluding hydrogens is 464 g/mol. The predicted octanol–water partition coefficient (Wildman–Crippen LogP) is 3.52. The van der Waals surface area contributed by atoms with Crippen molar-refractivity contribution >= 4 is 27.6 Å². The molecule has 2 heterocycles. The third-order valence-electron chi connectivity index (χ3n) is 6.92. The molecule has 0 bridgehead atoms. The minimum absolute atomic E-state index is 0.0208. The molecular formula is C26H34N4O4S. The fourth-order valence-corrected chi connectivity index (χ4v) is 6.62. The zero-order chi connectivity index (χ0) is 25.0. The topological polar surface area (TPSA) is 98.8 Å². The minimum atomic E-state index is -3.56. The highest BCUT2D eigenvalue weighted by Crippen LogP contribution is 2.28. The summed E-state index contributed by atoms with van der Waals surface area (Å²) in [5.74, 6) is -0.0628. The van der Waals surface area contributed by atoms with Gasteiger partial charge < -0.3 is 15.5 Å². The summed E-state index contributed by atoms with van der Waals surface area (Å²) in [6.07, 6.45) is 2.46. The molecule has 9 heteroatoms. The normalized spacial score (nSPS) is 18.3. The number of carbonyl (C=O) groups excluding carboxylic acids is 2. The van der Waals surface area contributed by atoms with E-state index in [4.69, 9.17) is 0 Å². The third-order valence-corrected chi connectivity index (χ3v) is 8.98. The quantitative estimate of drug-likeness (QED) is 0.659. The second kappa shape index (κ2) is 10.8. The zero-order valence-corrected chi connectivity index (χ0v) is 21.2. The molecule has 2 aliphatic heterocycles. The smallest absolute Gasteiger partial charge is 0.319 e. The van der Waals surface area contributed by atoms with Crippen LogP contribution in [-0.4, -0.2) is 61.8 Å². The Morgan fingerprint density at radius 1 is 0.886 bits per heavy atom. The summed E-state index contributed by atoms with van der Waals surface area (Å²) in [6.45, 7) is 5.65. The Kier molecular flexibility index (Phi) is 7.76. The minimum Gasteiger partial charge on any atom is -0.342 e. The van der Waals surface area contributed by atoms with E-state index in [2.05, 4.69) is 10.6 Å². The number of aryl methyl sites for hydroxylation is 2. The van der Waals surface area contributed by atoms with E-state index in [9.17, 15) is 18.0 Å². The first-order valence-electron chi connectivity index (χ1n) is 12.2. The van der Waals surface area contributed by atoms with E-state index >= 15 is 0 Å². The van der Waals surface area contributed by atoms with E-state index in [-0.39, 0.29) is 23.9 Å². The summed E-state index contributed by atoms with van der Waals surface area (Å²) in [5.41, 5.74) is 2.52. The molecule has 0 unspecified atom stereocenters. The number of hydrogen-bond donors (Lipinski definition) is 2. The van der Waals surface area contributed by atoms with E-state index < -0.39 is 10.0 Å². The highest BCUT2D eigenvalue weighted by atomic mass is 32.2. The molecule has 2 aliphatic rings. The number of nitrogens with zero attached hydrogens (tertiary/aromatic N) is 2. The van der Waals surface area contributed by atoms with Gasteiger partial charge in [-0.2, -0.15) is 4.31 Å². The highest BCUT2D eigenvalue weighted by Gasteiger charge is 2.35. The van der Waals surface area contributed by atoms with Crippen molar-refractivity contribution in [2.45, 2.75) is 50.5 Å². The van der Waals surface area contributed by atoms with Gasteiger partial charge in [-0.05, 0) is 63.3 Å². The number of piperidine rings is 2. The maximum atomic E-state index is 13.1. The molecule has 2 fully saturated rings. The lowest BCUT2D eigenvalue weighted by Crippen LogP contribution is -2.50. The molecule has 2 saturated heterocycles. The Balaban J connectivity index is 1.24. The van der Waals surface area contributed by atoms with Gasteiger partial charge in [0.1, 0.15) is 0 Å². The third kappa shape index (κ3) is 6.02. The molecule has 0 aliphatic carbocycles. The van der Waals surface area contributed by atoms with Gasteiger partial charge in [-0.25, -0.2) is 13.2 Å². The van der Waals surface area contributed by atoms with Crippen LogP contribution < -0.4 is 10.6 Å².